The standard InChI is InChI=1S/C25H27F2N3O6/c1-35-30(8-7-19-15-36-10-9-28(19)25(33)34)24(32)29-14-17(21-13-18(26)5-6-22(21)27)12-23(29)16-3-2-4-20(31)11-16/h2-6,11-13,19,23,31H,7-10,14-15H2,1H3,(H,33,34). The molecule has 0 radical (unpaired) electrons. The molecule has 0 bridgehead atoms. The Hall–Kier alpha value is -3.70. The number of phenols is 1. The predicted octanol–water partition coefficient (Wildman–Crippen LogP) is 3.86. The van der Waals surface area contributed by atoms with Crippen molar-refractivity contribution in [2.75, 3.05) is 40.0 Å². The molecule has 36 heavy (non-hydrogen) atoms. The molecule has 2 N–H and O–H groups in total. The van der Waals surface area contributed by atoms with Crippen LogP contribution in [0.3, 0.4) is 0 Å². The van der Waals surface area contributed by atoms with E-state index < -0.39 is 35.8 Å². The van der Waals surface area contributed by atoms with Crippen molar-refractivity contribution < 1.29 is 38.2 Å². The van der Waals surface area contributed by atoms with Crippen molar-refractivity contribution in [1.82, 2.24) is 14.9 Å². The van der Waals surface area contributed by atoms with Crippen LogP contribution in [0.4, 0.5) is 18.4 Å². The van der Waals surface area contributed by atoms with Crippen LogP contribution in [0, 0.1) is 11.6 Å². The number of amides is 3. The van der Waals surface area contributed by atoms with Gasteiger partial charge in [0.1, 0.15) is 17.4 Å². The zero-order chi connectivity index (χ0) is 25.8. The van der Waals surface area contributed by atoms with E-state index in [0.717, 1.165) is 23.3 Å². The number of phenolic OH excluding ortho intramolecular Hbond substituents is 1. The molecule has 2 heterocycles. The summed E-state index contributed by atoms with van der Waals surface area (Å²) in [6.45, 7) is 0.783. The Bertz CT molecular complexity index is 1160. The fourth-order valence-corrected chi connectivity index (χ4v) is 4.53. The summed E-state index contributed by atoms with van der Waals surface area (Å²) in [5.41, 5.74) is 1.02. The minimum Gasteiger partial charge on any atom is -0.508 e. The van der Waals surface area contributed by atoms with Crippen LogP contribution in [0.1, 0.15) is 23.6 Å². The molecule has 0 spiro atoms. The number of benzene rings is 2. The van der Waals surface area contributed by atoms with E-state index >= 15 is 0 Å². The van der Waals surface area contributed by atoms with E-state index in [-0.39, 0.29) is 44.0 Å². The lowest BCUT2D eigenvalue weighted by Gasteiger charge is -2.35. The molecule has 4 rings (SSSR count). The Labute approximate surface area is 206 Å². The zero-order valence-corrected chi connectivity index (χ0v) is 19.6. The molecule has 0 aromatic heterocycles. The average molecular weight is 504 g/mol. The molecular formula is C25H27F2N3O6. The summed E-state index contributed by atoms with van der Waals surface area (Å²) < 4.78 is 33.8. The quantitative estimate of drug-likeness (QED) is 0.581. The first-order valence-electron chi connectivity index (χ1n) is 11.4. The normalized spacial score (nSPS) is 19.8. The Morgan fingerprint density at radius 1 is 1.19 bits per heavy atom. The number of urea groups is 1. The molecule has 1 saturated heterocycles. The van der Waals surface area contributed by atoms with Crippen molar-refractivity contribution >= 4 is 17.7 Å². The van der Waals surface area contributed by atoms with Gasteiger partial charge in [-0.3, -0.25) is 4.84 Å². The van der Waals surface area contributed by atoms with E-state index in [4.69, 9.17) is 9.57 Å². The van der Waals surface area contributed by atoms with Crippen molar-refractivity contribution in [3.05, 3.63) is 71.3 Å². The Kier molecular flexibility index (Phi) is 7.70. The highest BCUT2D eigenvalue weighted by atomic mass is 19.1. The van der Waals surface area contributed by atoms with Crippen LogP contribution in [0.15, 0.2) is 48.5 Å². The lowest BCUT2D eigenvalue weighted by atomic mass is 10.0. The maximum Gasteiger partial charge on any atom is 0.407 e. The fraction of sp³-hybridized carbons (Fsp3) is 0.360. The number of carbonyl (C=O) groups is 2. The largest absolute Gasteiger partial charge is 0.508 e. The second kappa shape index (κ2) is 10.9. The van der Waals surface area contributed by atoms with Crippen LogP contribution in [-0.4, -0.2) is 83.2 Å². The van der Waals surface area contributed by atoms with E-state index in [0.29, 0.717) is 17.7 Å². The zero-order valence-electron chi connectivity index (χ0n) is 19.6. The summed E-state index contributed by atoms with van der Waals surface area (Å²) in [6.07, 6.45) is 0.863. The smallest absolute Gasteiger partial charge is 0.407 e. The SMILES string of the molecule is CON(CCC1COCCN1C(=O)O)C(=O)N1CC(c2cc(F)ccc2F)=CC1c1cccc(O)c1. The Balaban J connectivity index is 1.58. The maximum absolute atomic E-state index is 14.5. The molecule has 1 fully saturated rings. The van der Waals surface area contributed by atoms with Gasteiger partial charge in [-0.2, -0.15) is 0 Å². The van der Waals surface area contributed by atoms with Crippen molar-refractivity contribution in [1.29, 1.82) is 0 Å². The third-order valence-corrected chi connectivity index (χ3v) is 6.34. The lowest BCUT2D eigenvalue weighted by molar-refractivity contribution is -0.103. The van der Waals surface area contributed by atoms with Gasteiger partial charge in [-0.25, -0.2) is 23.4 Å². The Morgan fingerprint density at radius 2 is 2.00 bits per heavy atom. The van der Waals surface area contributed by atoms with E-state index in [2.05, 4.69) is 0 Å². The summed E-state index contributed by atoms with van der Waals surface area (Å²) in [7, 11) is 1.32. The molecular weight excluding hydrogens is 476 g/mol. The van der Waals surface area contributed by atoms with E-state index in [9.17, 15) is 28.6 Å². The van der Waals surface area contributed by atoms with Gasteiger partial charge >= 0.3 is 12.1 Å². The van der Waals surface area contributed by atoms with Gasteiger partial charge in [0.2, 0.25) is 0 Å². The topological polar surface area (TPSA) is 103 Å². The van der Waals surface area contributed by atoms with E-state index in [1.165, 1.54) is 29.0 Å². The molecule has 2 atom stereocenters. The number of morpholine rings is 1. The summed E-state index contributed by atoms with van der Waals surface area (Å²) >= 11 is 0. The average Bonchev–Trinajstić information content (AvgIpc) is 3.31. The molecule has 2 aromatic carbocycles. The van der Waals surface area contributed by atoms with Gasteiger partial charge in [0.25, 0.3) is 0 Å². The van der Waals surface area contributed by atoms with Gasteiger partial charge in [-0.15, -0.1) is 0 Å². The van der Waals surface area contributed by atoms with Crippen molar-refractivity contribution in [3.8, 4) is 5.75 Å². The van der Waals surface area contributed by atoms with E-state index in [1.807, 2.05) is 0 Å². The number of hydrogen-bond donors (Lipinski definition) is 2. The number of carboxylic acid groups (broad SMARTS) is 1. The summed E-state index contributed by atoms with van der Waals surface area (Å²) in [5, 5.41) is 20.5. The van der Waals surface area contributed by atoms with Gasteiger partial charge < -0.3 is 24.7 Å². The monoisotopic (exact) mass is 503 g/mol. The molecule has 2 unspecified atom stereocenters. The highest BCUT2D eigenvalue weighted by Gasteiger charge is 2.36. The molecule has 9 nitrogen and oxygen atoms in total. The summed E-state index contributed by atoms with van der Waals surface area (Å²) in [6, 6.07) is 7.77. The number of ether oxygens (including phenoxy) is 1. The van der Waals surface area contributed by atoms with Crippen LogP contribution in [0.5, 0.6) is 5.75 Å². The molecule has 11 heteroatoms. The molecule has 2 aromatic rings. The highest BCUT2D eigenvalue weighted by Crippen LogP contribution is 2.37. The van der Waals surface area contributed by atoms with Crippen LogP contribution in [-0.2, 0) is 9.57 Å². The minimum atomic E-state index is -1.06. The second-order valence-electron chi connectivity index (χ2n) is 8.54. The van der Waals surface area contributed by atoms with E-state index in [1.54, 1.807) is 18.2 Å². The number of hydrogen-bond acceptors (Lipinski definition) is 5. The number of rotatable bonds is 6. The van der Waals surface area contributed by atoms with Crippen LogP contribution >= 0.6 is 0 Å². The van der Waals surface area contributed by atoms with Gasteiger partial charge in [-0.05, 0) is 47.9 Å². The molecule has 2 aliphatic rings. The van der Waals surface area contributed by atoms with Crippen molar-refractivity contribution in [3.63, 3.8) is 0 Å². The third-order valence-electron chi connectivity index (χ3n) is 6.34. The first-order chi connectivity index (χ1) is 17.3. The molecule has 0 aliphatic carbocycles. The maximum atomic E-state index is 14.5. The number of nitrogens with zero attached hydrogens (tertiary/aromatic N) is 3. The first kappa shape index (κ1) is 25.4. The summed E-state index contributed by atoms with van der Waals surface area (Å²) in [5.74, 6) is -1.24. The first-order valence-corrected chi connectivity index (χ1v) is 11.4. The molecule has 2 aliphatic heterocycles. The fourth-order valence-electron chi connectivity index (χ4n) is 4.53. The molecule has 192 valence electrons. The predicted molar refractivity (Wildman–Crippen MR) is 125 cm³/mol. The number of aromatic hydroxyl groups is 1. The molecule has 0 saturated carbocycles. The Morgan fingerprint density at radius 3 is 2.72 bits per heavy atom. The second-order valence-corrected chi connectivity index (χ2v) is 8.54. The number of halogens is 2. The minimum absolute atomic E-state index is 0.00616. The van der Waals surface area contributed by atoms with Gasteiger partial charge in [0.15, 0.2) is 0 Å². The number of hydroxylamine groups is 2. The highest BCUT2D eigenvalue weighted by molar-refractivity contribution is 5.81. The van der Waals surface area contributed by atoms with Crippen LogP contribution in [0.2, 0.25) is 0 Å². The van der Waals surface area contributed by atoms with Crippen molar-refractivity contribution in [2.24, 2.45) is 0 Å². The summed E-state index contributed by atoms with van der Waals surface area (Å²) in [4.78, 5) is 33.1. The van der Waals surface area contributed by atoms with Crippen LogP contribution < -0.4 is 0 Å². The van der Waals surface area contributed by atoms with Gasteiger partial charge in [0.05, 0.1) is 39.0 Å². The van der Waals surface area contributed by atoms with Gasteiger partial charge in [0, 0.05) is 18.7 Å². The lowest BCUT2D eigenvalue weighted by Crippen LogP contribution is -2.50. The van der Waals surface area contributed by atoms with Crippen LogP contribution in [0.25, 0.3) is 5.57 Å². The van der Waals surface area contributed by atoms with Crippen molar-refractivity contribution in [2.45, 2.75) is 18.5 Å². The van der Waals surface area contributed by atoms with Gasteiger partial charge in [-0.1, -0.05) is 18.2 Å². The third kappa shape index (κ3) is 5.42. The molecule has 3 amide bonds. The number of carbonyl (C=O) groups excluding carboxylic acids is 1.